The molecule has 9 heteroatoms. The van der Waals surface area contributed by atoms with E-state index in [-0.39, 0.29) is 35.2 Å². The predicted octanol–water partition coefficient (Wildman–Crippen LogP) is 3.47. The van der Waals surface area contributed by atoms with Gasteiger partial charge in [-0.1, -0.05) is 45.4 Å². The Morgan fingerprint density at radius 1 is 1.17 bits per heavy atom. The topological polar surface area (TPSA) is 78.8 Å². The molecule has 2 heterocycles. The first-order chi connectivity index (χ1) is 13.8. The van der Waals surface area contributed by atoms with Crippen LogP contribution in [-0.2, 0) is 14.6 Å². The highest BCUT2D eigenvalue weighted by Gasteiger charge is 2.47. The summed E-state index contributed by atoms with van der Waals surface area (Å²) in [5, 5.41) is 3.57. The van der Waals surface area contributed by atoms with Gasteiger partial charge in [-0.25, -0.2) is 8.42 Å². The zero-order valence-electron chi connectivity index (χ0n) is 15.7. The number of amides is 1. The van der Waals surface area contributed by atoms with Gasteiger partial charge in [-0.05, 0) is 43.3 Å². The molecule has 152 valence electrons. The zero-order valence-corrected chi connectivity index (χ0v) is 18.9. The molecule has 0 aromatic heterocycles. The second-order valence-electron chi connectivity index (χ2n) is 7.17. The van der Waals surface area contributed by atoms with Crippen molar-refractivity contribution in [3.05, 3.63) is 58.6 Å². The van der Waals surface area contributed by atoms with Crippen LogP contribution in [0.5, 0.6) is 0 Å². The highest BCUT2D eigenvalue weighted by Crippen LogP contribution is 2.35. The van der Waals surface area contributed by atoms with E-state index in [9.17, 15) is 13.2 Å². The summed E-state index contributed by atoms with van der Waals surface area (Å²) in [7, 11) is -3.09. The Balaban J connectivity index is 1.49. The Morgan fingerprint density at radius 2 is 1.86 bits per heavy atom. The van der Waals surface area contributed by atoms with Crippen molar-refractivity contribution in [2.24, 2.45) is 4.99 Å². The van der Waals surface area contributed by atoms with Crippen LogP contribution in [-0.4, -0.2) is 48.8 Å². The number of fused-ring (bicyclic) bond motifs is 1. The summed E-state index contributed by atoms with van der Waals surface area (Å²) in [6, 6.07) is 14.8. The minimum absolute atomic E-state index is 0.0647. The van der Waals surface area contributed by atoms with Crippen molar-refractivity contribution in [3.8, 4) is 0 Å². The van der Waals surface area contributed by atoms with Crippen molar-refractivity contribution in [1.29, 1.82) is 0 Å². The first kappa shape index (κ1) is 20.4. The molecule has 2 aromatic carbocycles. The number of carbonyl (C=O) groups is 1. The van der Waals surface area contributed by atoms with Gasteiger partial charge >= 0.3 is 0 Å². The molecule has 0 unspecified atom stereocenters. The van der Waals surface area contributed by atoms with E-state index in [4.69, 9.17) is 0 Å². The van der Waals surface area contributed by atoms with Gasteiger partial charge in [0.25, 0.3) is 0 Å². The molecule has 1 saturated heterocycles. The number of amidine groups is 1. The molecule has 2 atom stereocenters. The lowest BCUT2D eigenvalue weighted by atomic mass is 10.1. The summed E-state index contributed by atoms with van der Waals surface area (Å²) in [5.41, 5.74) is 2.76. The van der Waals surface area contributed by atoms with E-state index in [1.165, 1.54) is 11.8 Å². The first-order valence-electron chi connectivity index (χ1n) is 9.13. The molecule has 1 N–H and O–H groups in total. The fourth-order valence-corrected chi connectivity index (χ4v) is 6.53. The van der Waals surface area contributed by atoms with Gasteiger partial charge in [0.15, 0.2) is 15.0 Å². The molecule has 0 bridgehead atoms. The first-order valence-corrected chi connectivity index (χ1v) is 12.7. The van der Waals surface area contributed by atoms with Crippen molar-refractivity contribution in [2.75, 3.05) is 27.5 Å². The lowest BCUT2D eigenvalue weighted by Crippen LogP contribution is -2.39. The van der Waals surface area contributed by atoms with E-state index >= 15 is 0 Å². The Kier molecular flexibility index (Phi) is 5.72. The maximum absolute atomic E-state index is 12.4. The number of aliphatic imine (C=N–C) groups is 1. The van der Waals surface area contributed by atoms with Gasteiger partial charge in [0.05, 0.1) is 29.3 Å². The third kappa shape index (κ3) is 4.67. The van der Waals surface area contributed by atoms with E-state index in [1.54, 1.807) is 0 Å². The fraction of sp³-hybridized carbons (Fsp3) is 0.300. The van der Waals surface area contributed by atoms with Gasteiger partial charge in [0.1, 0.15) is 0 Å². The van der Waals surface area contributed by atoms with Crippen LogP contribution in [0.2, 0.25) is 0 Å². The number of thioether (sulfide) groups is 1. The number of anilines is 2. The minimum atomic E-state index is -3.09. The van der Waals surface area contributed by atoms with Gasteiger partial charge < -0.3 is 10.2 Å². The molecule has 2 aliphatic heterocycles. The smallest absolute Gasteiger partial charge is 0.234 e. The normalized spacial score (nSPS) is 22.3. The summed E-state index contributed by atoms with van der Waals surface area (Å²) >= 11 is 4.71. The molecule has 1 fully saturated rings. The Labute approximate surface area is 182 Å². The highest BCUT2D eigenvalue weighted by molar-refractivity contribution is 9.10. The molecule has 6 nitrogen and oxygen atoms in total. The average molecular weight is 494 g/mol. The van der Waals surface area contributed by atoms with Gasteiger partial charge in [-0.15, -0.1) is 0 Å². The second kappa shape index (κ2) is 8.12. The van der Waals surface area contributed by atoms with E-state index < -0.39 is 9.84 Å². The number of nitrogens with one attached hydrogen (secondary N) is 1. The number of halogens is 1. The third-order valence-electron chi connectivity index (χ3n) is 4.88. The lowest BCUT2D eigenvalue weighted by Gasteiger charge is -2.26. The number of aryl methyl sites for hydroxylation is 1. The fourth-order valence-electron chi connectivity index (χ4n) is 3.50. The summed E-state index contributed by atoms with van der Waals surface area (Å²) < 4.78 is 25.2. The summed E-state index contributed by atoms with van der Waals surface area (Å²) in [6.45, 7) is 2.01. The van der Waals surface area contributed by atoms with Crippen molar-refractivity contribution < 1.29 is 13.2 Å². The number of hydrogen-bond acceptors (Lipinski definition) is 6. The monoisotopic (exact) mass is 493 g/mol. The second-order valence-corrected chi connectivity index (χ2v) is 11.2. The van der Waals surface area contributed by atoms with Gasteiger partial charge in [-0.2, -0.15) is 0 Å². The van der Waals surface area contributed by atoms with Crippen LogP contribution in [0.4, 0.5) is 11.4 Å². The van der Waals surface area contributed by atoms with E-state index in [2.05, 4.69) is 26.2 Å². The molecular formula is C20H20BrN3O3S2. The lowest BCUT2D eigenvalue weighted by molar-refractivity contribution is -0.113. The molecule has 29 heavy (non-hydrogen) atoms. The summed E-state index contributed by atoms with van der Waals surface area (Å²) in [4.78, 5) is 19.0. The molecular weight excluding hydrogens is 474 g/mol. The van der Waals surface area contributed by atoms with Gasteiger partial charge in [0, 0.05) is 15.8 Å². The van der Waals surface area contributed by atoms with Crippen LogP contribution in [0.25, 0.3) is 0 Å². The molecule has 2 aliphatic rings. The molecule has 0 aliphatic carbocycles. The van der Waals surface area contributed by atoms with Crippen LogP contribution >= 0.6 is 27.7 Å². The Bertz CT molecular complexity index is 1050. The van der Waals surface area contributed by atoms with Crippen molar-refractivity contribution in [1.82, 2.24) is 0 Å². The van der Waals surface area contributed by atoms with Crippen LogP contribution in [0.3, 0.4) is 0 Å². The van der Waals surface area contributed by atoms with Gasteiger partial charge in [0.2, 0.25) is 5.91 Å². The van der Waals surface area contributed by atoms with E-state index in [1.807, 2.05) is 60.4 Å². The quantitative estimate of drug-likeness (QED) is 0.705. The van der Waals surface area contributed by atoms with Crippen LogP contribution in [0, 0.1) is 6.92 Å². The molecule has 4 rings (SSSR count). The van der Waals surface area contributed by atoms with E-state index in [0.29, 0.717) is 5.17 Å². The van der Waals surface area contributed by atoms with Crippen molar-refractivity contribution in [3.63, 3.8) is 0 Å². The number of rotatable bonds is 4. The number of hydrogen-bond donors (Lipinski definition) is 1. The van der Waals surface area contributed by atoms with Crippen LogP contribution < -0.4 is 10.2 Å². The van der Waals surface area contributed by atoms with Crippen molar-refractivity contribution in [2.45, 2.75) is 19.0 Å². The molecule has 0 radical (unpaired) electrons. The SMILES string of the molecule is Cc1ccc(N2C(SCC(=O)Nc3ccc(Br)cc3)=N[C@@H]3CS(=O)(=O)C[C@H]32)cc1. The number of benzene rings is 2. The summed E-state index contributed by atoms with van der Waals surface area (Å²) in [6.07, 6.45) is 0. The number of nitrogens with zero attached hydrogens (tertiary/aromatic N) is 2. The predicted molar refractivity (Wildman–Crippen MR) is 123 cm³/mol. The third-order valence-corrected chi connectivity index (χ3v) is 8.07. The summed E-state index contributed by atoms with van der Waals surface area (Å²) in [5.74, 6) is 0.219. The van der Waals surface area contributed by atoms with Gasteiger partial charge in [-0.3, -0.25) is 9.79 Å². The molecule has 1 amide bonds. The number of carbonyl (C=O) groups excluding carboxylic acids is 1. The zero-order chi connectivity index (χ0) is 20.6. The minimum Gasteiger partial charge on any atom is -0.325 e. The Morgan fingerprint density at radius 3 is 2.55 bits per heavy atom. The number of sulfone groups is 1. The molecule has 0 spiro atoms. The Hall–Kier alpha value is -1.84. The van der Waals surface area contributed by atoms with Crippen LogP contribution in [0.1, 0.15) is 5.56 Å². The standard InChI is InChI=1S/C20H20BrN3O3S2/c1-13-2-8-16(9-3-13)24-18-12-29(26,27)11-17(18)23-20(24)28-10-19(25)22-15-6-4-14(21)5-7-15/h2-9,17-18H,10-12H2,1H3,(H,22,25)/t17-,18-/m1/s1. The van der Waals surface area contributed by atoms with E-state index in [0.717, 1.165) is 21.4 Å². The maximum Gasteiger partial charge on any atom is 0.234 e. The molecule has 0 saturated carbocycles. The molecule has 2 aromatic rings. The average Bonchev–Trinajstić information content (AvgIpc) is 3.14. The highest BCUT2D eigenvalue weighted by atomic mass is 79.9. The largest absolute Gasteiger partial charge is 0.325 e. The van der Waals surface area contributed by atoms with Crippen molar-refractivity contribution >= 4 is 60.0 Å². The maximum atomic E-state index is 12.4. The van der Waals surface area contributed by atoms with Crippen LogP contribution in [0.15, 0.2) is 58.0 Å².